The normalized spacial score (nSPS) is 12.4. The molecule has 26 heavy (non-hydrogen) atoms. The smallest absolute Gasteiger partial charge is 0.305 e. The van der Waals surface area contributed by atoms with Crippen LogP contribution < -0.4 is 5.32 Å². The standard InChI is InChI=1S/C21H25NO3S/c1-21(2,3)16-11-9-15(10-12-16)18(13-20(24)25)22-19(23)14-26-17-7-5-4-6-8-17/h4-12,18H,13-14H2,1-3H3,(H,22,23)(H,24,25)/t18-/m0/s1. The number of hydrogen-bond donors (Lipinski definition) is 2. The number of carbonyl (C=O) groups is 2. The zero-order chi connectivity index (χ0) is 19.2. The minimum atomic E-state index is -0.939. The number of aliphatic carboxylic acids is 1. The van der Waals surface area contributed by atoms with E-state index in [-0.39, 0.29) is 23.5 Å². The number of rotatable bonds is 7. The van der Waals surface area contributed by atoms with Gasteiger partial charge in [-0.25, -0.2) is 0 Å². The van der Waals surface area contributed by atoms with Gasteiger partial charge in [-0.05, 0) is 28.7 Å². The van der Waals surface area contributed by atoms with Crippen LogP contribution in [0.1, 0.15) is 44.4 Å². The molecular formula is C21H25NO3S. The molecule has 0 radical (unpaired) electrons. The number of carboxylic acid groups (broad SMARTS) is 1. The molecule has 0 aliphatic heterocycles. The average molecular weight is 372 g/mol. The van der Waals surface area contributed by atoms with Gasteiger partial charge < -0.3 is 10.4 Å². The molecule has 2 N–H and O–H groups in total. The Balaban J connectivity index is 2.04. The van der Waals surface area contributed by atoms with E-state index in [1.54, 1.807) is 0 Å². The third kappa shape index (κ3) is 6.23. The Labute approximate surface area is 159 Å². The van der Waals surface area contributed by atoms with Crippen LogP contribution in [0.15, 0.2) is 59.5 Å². The summed E-state index contributed by atoms with van der Waals surface area (Å²) in [4.78, 5) is 24.5. The van der Waals surface area contributed by atoms with E-state index >= 15 is 0 Å². The molecule has 0 fully saturated rings. The van der Waals surface area contributed by atoms with E-state index in [0.717, 1.165) is 10.5 Å². The van der Waals surface area contributed by atoms with E-state index in [1.807, 2.05) is 54.6 Å². The molecule has 138 valence electrons. The molecule has 0 saturated heterocycles. The van der Waals surface area contributed by atoms with Crippen molar-refractivity contribution >= 4 is 23.6 Å². The van der Waals surface area contributed by atoms with Crippen LogP contribution in [0.25, 0.3) is 0 Å². The number of hydrogen-bond acceptors (Lipinski definition) is 3. The van der Waals surface area contributed by atoms with Gasteiger partial charge in [0.15, 0.2) is 0 Å². The lowest BCUT2D eigenvalue weighted by Crippen LogP contribution is -2.31. The Hall–Kier alpha value is -2.27. The number of amides is 1. The van der Waals surface area contributed by atoms with E-state index < -0.39 is 12.0 Å². The van der Waals surface area contributed by atoms with E-state index in [2.05, 4.69) is 26.1 Å². The highest BCUT2D eigenvalue weighted by Crippen LogP contribution is 2.25. The van der Waals surface area contributed by atoms with Gasteiger partial charge in [0.1, 0.15) is 0 Å². The molecule has 0 aliphatic rings. The van der Waals surface area contributed by atoms with Gasteiger partial charge in [0.2, 0.25) is 5.91 Å². The van der Waals surface area contributed by atoms with Gasteiger partial charge in [-0.1, -0.05) is 63.2 Å². The molecule has 2 aromatic rings. The Kier molecular flexibility index (Phi) is 6.86. The molecular weight excluding hydrogens is 346 g/mol. The second-order valence-corrected chi connectivity index (χ2v) is 8.24. The first-order chi connectivity index (χ1) is 12.3. The number of thioether (sulfide) groups is 1. The van der Waals surface area contributed by atoms with Crippen molar-refractivity contribution in [3.8, 4) is 0 Å². The maximum Gasteiger partial charge on any atom is 0.305 e. The summed E-state index contributed by atoms with van der Waals surface area (Å²) in [6.45, 7) is 6.37. The second-order valence-electron chi connectivity index (χ2n) is 7.19. The molecule has 0 bridgehead atoms. The van der Waals surface area contributed by atoms with Gasteiger partial charge in [0, 0.05) is 4.90 Å². The van der Waals surface area contributed by atoms with Crippen LogP contribution in [0, 0.1) is 0 Å². The van der Waals surface area contributed by atoms with Gasteiger partial charge in [0.25, 0.3) is 0 Å². The molecule has 0 spiro atoms. The Morgan fingerprint density at radius 2 is 1.65 bits per heavy atom. The van der Waals surface area contributed by atoms with Crippen molar-refractivity contribution < 1.29 is 14.7 Å². The lowest BCUT2D eigenvalue weighted by Gasteiger charge is -2.22. The fourth-order valence-corrected chi connectivity index (χ4v) is 3.27. The summed E-state index contributed by atoms with van der Waals surface area (Å²) in [5.41, 5.74) is 2.00. The van der Waals surface area contributed by atoms with Crippen molar-refractivity contribution in [2.24, 2.45) is 0 Å². The van der Waals surface area contributed by atoms with E-state index in [0.29, 0.717) is 0 Å². The molecule has 1 amide bonds. The molecule has 2 aromatic carbocycles. The number of nitrogens with one attached hydrogen (secondary N) is 1. The number of benzene rings is 2. The fraction of sp³-hybridized carbons (Fsp3) is 0.333. The summed E-state index contributed by atoms with van der Waals surface area (Å²) in [5.74, 6) is -0.865. The highest BCUT2D eigenvalue weighted by atomic mass is 32.2. The zero-order valence-electron chi connectivity index (χ0n) is 15.4. The first-order valence-electron chi connectivity index (χ1n) is 8.55. The molecule has 1 atom stereocenters. The third-order valence-corrected chi connectivity index (χ3v) is 5.02. The molecule has 5 heteroatoms. The fourth-order valence-electron chi connectivity index (χ4n) is 2.54. The second kappa shape index (κ2) is 8.90. The molecule has 0 aromatic heterocycles. The SMILES string of the molecule is CC(C)(C)c1ccc([C@H](CC(=O)O)NC(=O)CSc2ccccc2)cc1. The molecule has 0 saturated carbocycles. The van der Waals surface area contributed by atoms with Crippen LogP contribution in [0.2, 0.25) is 0 Å². The molecule has 4 nitrogen and oxygen atoms in total. The lowest BCUT2D eigenvalue weighted by atomic mass is 9.86. The van der Waals surface area contributed by atoms with Crippen molar-refractivity contribution in [3.63, 3.8) is 0 Å². The first-order valence-corrected chi connectivity index (χ1v) is 9.54. The van der Waals surface area contributed by atoms with Gasteiger partial charge in [-0.2, -0.15) is 0 Å². The minimum Gasteiger partial charge on any atom is -0.481 e. The molecule has 0 heterocycles. The summed E-state index contributed by atoms with van der Waals surface area (Å²) in [7, 11) is 0. The predicted octanol–water partition coefficient (Wildman–Crippen LogP) is 4.41. The van der Waals surface area contributed by atoms with Crippen LogP contribution in [0.3, 0.4) is 0 Å². The maximum atomic E-state index is 12.3. The maximum absolute atomic E-state index is 12.3. The highest BCUT2D eigenvalue weighted by Gasteiger charge is 2.20. The third-order valence-electron chi connectivity index (χ3n) is 4.01. The van der Waals surface area contributed by atoms with Gasteiger partial charge >= 0.3 is 5.97 Å². The summed E-state index contributed by atoms with van der Waals surface area (Å²) in [5, 5.41) is 12.0. The van der Waals surface area contributed by atoms with Crippen molar-refractivity contribution in [2.45, 2.75) is 43.5 Å². The lowest BCUT2D eigenvalue weighted by molar-refractivity contribution is -0.137. The van der Waals surface area contributed by atoms with Gasteiger partial charge in [-0.15, -0.1) is 11.8 Å². The number of carboxylic acids is 1. The van der Waals surface area contributed by atoms with Crippen LogP contribution in [0.5, 0.6) is 0 Å². The van der Waals surface area contributed by atoms with Crippen LogP contribution >= 0.6 is 11.8 Å². The Bertz CT molecular complexity index is 736. The summed E-state index contributed by atoms with van der Waals surface area (Å²) >= 11 is 1.43. The monoisotopic (exact) mass is 371 g/mol. The summed E-state index contributed by atoms with van der Waals surface area (Å²) in [6, 6.07) is 16.9. The average Bonchev–Trinajstić information content (AvgIpc) is 2.59. The predicted molar refractivity (Wildman–Crippen MR) is 105 cm³/mol. The van der Waals surface area contributed by atoms with E-state index in [1.165, 1.54) is 17.3 Å². The minimum absolute atomic E-state index is 0.0242. The summed E-state index contributed by atoms with van der Waals surface area (Å²) in [6.07, 6.45) is -0.142. The first kappa shape index (κ1) is 20.0. The Morgan fingerprint density at radius 1 is 1.04 bits per heavy atom. The van der Waals surface area contributed by atoms with Crippen LogP contribution in [0.4, 0.5) is 0 Å². The van der Waals surface area contributed by atoms with E-state index in [9.17, 15) is 14.7 Å². The summed E-state index contributed by atoms with van der Waals surface area (Å²) < 4.78 is 0. The van der Waals surface area contributed by atoms with Crippen molar-refractivity contribution in [3.05, 3.63) is 65.7 Å². The largest absolute Gasteiger partial charge is 0.481 e. The molecule has 0 aliphatic carbocycles. The molecule has 0 unspecified atom stereocenters. The van der Waals surface area contributed by atoms with E-state index in [4.69, 9.17) is 0 Å². The zero-order valence-corrected chi connectivity index (χ0v) is 16.2. The van der Waals surface area contributed by atoms with Crippen LogP contribution in [-0.4, -0.2) is 22.7 Å². The molecule has 2 rings (SSSR count). The van der Waals surface area contributed by atoms with Crippen LogP contribution in [-0.2, 0) is 15.0 Å². The number of carbonyl (C=O) groups excluding carboxylic acids is 1. The topological polar surface area (TPSA) is 66.4 Å². The highest BCUT2D eigenvalue weighted by molar-refractivity contribution is 8.00. The quantitative estimate of drug-likeness (QED) is 0.708. The Morgan fingerprint density at radius 3 is 2.19 bits per heavy atom. The van der Waals surface area contributed by atoms with Crippen molar-refractivity contribution in [2.75, 3.05) is 5.75 Å². The van der Waals surface area contributed by atoms with Crippen molar-refractivity contribution in [1.82, 2.24) is 5.32 Å². The van der Waals surface area contributed by atoms with Gasteiger partial charge in [-0.3, -0.25) is 9.59 Å². The van der Waals surface area contributed by atoms with Crippen molar-refractivity contribution in [1.29, 1.82) is 0 Å². The van der Waals surface area contributed by atoms with Gasteiger partial charge in [0.05, 0.1) is 18.2 Å².